The number of thioether (sulfide) groups is 1. The number of aliphatic carboxylic acids is 1. The number of rotatable bonds is 2. The van der Waals surface area contributed by atoms with Gasteiger partial charge in [0.15, 0.2) is 0 Å². The zero-order valence-electron chi connectivity index (χ0n) is 10.4. The van der Waals surface area contributed by atoms with E-state index in [-0.39, 0.29) is 0 Å². The molecule has 0 bridgehead atoms. The highest BCUT2D eigenvalue weighted by Gasteiger charge is 2.56. The average Bonchev–Trinajstić information content (AvgIpc) is 2.34. The van der Waals surface area contributed by atoms with Gasteiger partial charge in [0.25, 0.3) is 0 Å². The van der Waals surface area contributed by atoms with Gasteiger partial charge >= 0.3 is 5.97 Å². The molecule has 17 heavy (non-hydrogen) atoms. The van der Waals surface area contributed by atoms with Crippen LogP contribution >= 0.6 is 11.8 Å². The van der Waals surface area contributed by atoms with Crippen LogP contribution in [0.15, 0.2) is 0 Å². The molecule has 1 aliphatic carbocycles. The molecule has 2 aliphatic rings. The van der Waals surface area contributed by atoms with Crippen LogP contribution in [0.2, 0.25) is 0 Å². The van der Waals surface area contributed by atoms with Crippen LogP contribution in [0.3, 0.4) is 0 Å². The van der Waals surface area contributed by atoms with Gasteiger partial charge in [-0.3, -0.25) is 4.79 Å². The topological polar surface area (TPSA) is 57.5 Å². The van der Waals surface area contributed by atoms with E-state index in [2.05, 4.69) is 6.92 Å². The van der Waals surface area contributed by atoms with Crippen molar-refractivity contribution in [2.45, 2.75) is 51.0 Å². The predicted molar refractivity (Wildman–Crippen MR) is 69.2 cm³/mol. The molecule has 1 saturated carbocycles. The molecule has 2 fully saturated rings. The third-order valence-corrected chi connectivity index (χ3v) is 5.73. The summed E-state index contributed by atoms with van der Waals surface area (Å²) in [6.45, 7) is 2.18. The summed E-state index contributed by atoms with van der Waals surface area (Å²) in [6.07, 6.45) is 4.48. The molecule has 3 nitrogen and oxygen atoms in total. The SMILES string of the molecule is CC1CCC(O)(C2(C(=O)O)CCSCC2)CC1. The van der Waals surface area contributed by atoms with Crippen molar-refractivity contribution in [3.63, 3.8) is 0 Å². The second-order valence-electron chi connectivity index (χ2n) is 5.71. The van der Waals surface area contributed by atoms with Gasteiger partial charge in [-0.1, -0.05) is 6.92 Å². The summed E-state index contributed by atoms with van der Waals surface area (Å²) in [4.78, 5) is 11.7. The largest absolute Gasteiger partial charge is 0.481 e. The molecule has 98 valence electrons. The summed E-state index contributed by atoms with van der Waals surface area (Å²) >= 11 is 1.80. The maximum atomic E-state index is 11.7. The Labute approximate surface area is 107 Å². The maximum absolute atomic E-state index is 11.7. The van der Waals surface area contributed by atoms with Crippen molar-refractivity contribution in [1.29, 1.82) is 0 Å². The van der Waals surface area contributed by atoms with Gasteiger partial charge in [0, 0.05) is 0 Å². The summed E-state index contributed by atoms with van der Waals surface area (Å²) in [5, 5.41) is 20.4. The van der Waals surface area contributed by atoms with Crippen molar-refractivity contribution in [1.82, 2.24) is 0 Å². The first kappa shape index (κ1) is 13.2. The lowest BCUT2D eigenvalue weighted by Crippen LogP contribution is -2.56. The first-order valence-corrected chi connectivity index (χ1v) is 7.69. The third-order valence-electron chi connectivity index (χ3n) is 4.75. The van der Waals surface area contributed by atoms with Gasteiger partial charge in [-0.2, -0.15) is 11.8 Å². The molecule has 1 heterocycles. The van der Waals surface area contributed by atoms with Gasteiger partial charge in [0.05, 0.1) is 11.0 Å². The van der Waals surface area contributed by atoms with Gasteiger partial charge in [0.1, 0.15) is 0 Å². The Morgan fingerprint density at radius 2 is 1.71 bits per heavy atom. The van der Waals surface area contributed by atoms with Gasteiger partial charge in [-0.05, 0) is 55.9 Å². The van der Waals surface area contributed by atoms with E-state index >= 15 is 0 Å². The molecule has 0 atom stereocenters. The molecular weight excluding hydrogens is 236 g/mol. The number of hydrogen-bond acceptors (Lipinski definition) is 3. The number of carboxylic acids is 1. The van der Waals surface area contributed by atoms with E-state index in [0.29, 0.717) is 31.6 Å². The fraction of sp³-hybridized carbons (Fsp3) is 0.923. The molecule has 0 aromatic rings. The van der Waals surface area contributed by atoms with Crippen molar-refractivity contribution in [3.05, 3.63) is 0 Å². The Bertz CT molecular complexity index is 289. The van der Waals surface area contributed by atoms with E-state index < -0.39 is 17.0 Å². The van der Waals surface area contributed by atoms with Crippen LogP contribution in [0.25, 0.3) is 0 Å². The third kappa shape index (κ3) is 2.22. The Morgan fingerprint density at radius 3 is 2.18 bits per heavy atom. The lowest BCUT2D eigenvalue weighted by Gasteiger charge is -2.49. The van der Waals surface area contributed by atoms with Crippen LogP contribution in [0.5, 0.6) is 0 Å². The van der Waals surface area contributed by atoms with E-state index in [9.17, 15) is 15.0 Å². The Balaban J connectivity index is 2.23. The summed E-state index contributed by atoms with van der Waals surface area (Å²) in [6, 6.07) is 0. The molecule has 0 spiro atoms. The lowest BCUT2D eigenvalue weighted by molar-refractivity contribution is -0.178. The van der Waals surface area contributed by atoms with Crippen LogP contribution in [0.1, 0.15) is 45.4 Å². The molecular formula is C13H22O3S. The minimum atomic E-state index is -0.966. The Hall–Kier alpha value is -0.220. The number of aliphatic hydroxyl groups is 1. The molecule has 0 radical (unpaired) electrons. The van der Waals surface area contributed by atoms with Crippen molar-refractivity contribution in [2.24, 2.45) is 11.3 Å². The molecule has 1 saturated heterocycles. The summed E-state index contributed by atoms with van der Waals surface area (Å²) < 4.78 is 0. The standard InChI is InChI=1S/C13H22O3S/c1-10-2-4-13(16,5-3-10)12(11(14)15)6-8-17-9-7-12/h10,16H,2-9H2,1H3,(H,14,15). The van der Waals surface area contributed by atoms with Gasteiger partial charge in [-0.25, -0.2) is 0 Å². The molecule has 0 unspecified atom stereocenters. The second kappa shape index (κ2) is 4.81. The summed E-state index contributed by atoms with van der Waals surface area (Å²) in [5.41, 5.74) is -1.84. The first-order chi connectivity index (χ1) is 8.00. The van der Waals surface area contributed by atoms with Crippen LogP contribution < -0.4 is 0 Å². The fourth-order valence-corrected chi connectivity index (χ4v) is 4.51. The predicted octanol–water partition coefficient (Wildman–Crippen LogP) is 2.53. The zero-order chi connectivity index (χ0) is 12.5. The van der Waals surface area contributed by atoms with Crippen molar-refractivity contribution < 1.29 is 15.0 Å². The zero-order valence-corrected chi connectivity index (χ0v) is 11.3. The van der Waals surface area contributed by atoms with Crippen molar-refractivity contribution >= 4 is 17.7 Å². The summed E-state index contributed by atoms with van der Waals surface area (Å²) in [5.74, 6) is 1.57. The molecule has 0 aromatic heterocycles. The van der Waals surface area contributed by atoms with Crippen molar-refractivity contribution in [2.75, 3.05) is 11.5 Å². The number of hydrogen-bond donors (Lipinski definition) is 2. The normalized spacial score (nSPS) is 37.6. The Morgan fingerprint density at radius 1 is 1.18 bits per heavy atom. The molecule has 4 heteroatoms. The lowest BCUT2D eigenvalue weighted by atomic mass is 9.61. The fourth-order valence-electron chi connectivity index (χ4n) is 3.32. The van der Waals surface area contributed by atoms with Gasteiger partial charge in [-0.15, -0.1) is 0 Å². The highest BCUT2D eigenvalue weighted by molar-refractivity contribution is 7.99. The molecule has 2 rings (SSSR count). The van der Waals surface area contributed by atoms with Crippen LogP contribution in [0, 0.1) is 11.3 Å². The molecule has 0 aromatic carbocycles. The highest BCUT2D eigenvalue weighted by atomic mass is 32.2. The minimum absolute atomic E-state index is 0.623. The first-order valence-electron chi connectivity index (χ1n) is 6.54. The summed E-state index contributed by atoms with van der Waals surface area (Å²) in [7, 11) is 0. The number of carbonyl (C=O) groups is 1. The van der Waals surface area contributed by atoms with Crippen molar-refractivity contribution in [3.8, 4) is 0 Å². The van der Waals surface area contributed by atoms with Crippen LogP contribution in [0.4, 0.5) is 0 Å². The van der Waals surface area contributed by atoms with Gasteiger partial charge < -0.3 is 10.2 Å². The van der Waals surface area contributed by atoms with E-state index in [1.165, 1.54) is 0 Å². The van der Waals surface area contributed by atoms with E-state index in [4.69, 9.17) is 0 Å². The minimum Gasteiger partial charge on any atom is -0.481 e. The monoisotopic (exact) mass is 258 g/mol. The van der Waals surface area contributed by atoms with Crippen LogP contribution in [-0.4, -0.2) is 33.3 Å². The molecule has 2 N–H and O–H groups in total. The highest BCUT2D eigenvalue weighted by Crippen LogP contribution is 2.51. The molecule has 0 amide bonds. The maximum Gasteiger partial charge on any atom is 0.312 e. The number of carboxylic acid groups (broad SMARTS) is 1. The molecule has 1 aliphatic heterocycles. The van der Waals surface area contributed by atoms with Crippen LogP contribution in [-0.2, 0) is 4.79 Å². The smallest absolute Gasteiger partial charge is 0.312 e. The quantitative estimate of drug-likeness (QED) is 0.799. The Kier molecular flexibility index (Phi) is 3.74. The second-order valence-corrected chi connectivity index (χ2v) is 6.94. The van der Waals surface area contributed by atoms with E-state index in [1.54, 1.807) is 11.8 Å². The van der Waals surface area contributed by atoms with Gasteiger partial charge in [0.2, 0.25) is 0 Å². The van der Waals surface area contributed by atoms with E-state index in [1.807, 2.05) is 0 Å². The van der Waals surface area contributed by atoms with E-state index in [0.717, 1.165) is 24.3 Å². The average molecular weight is 258 g/mol.